The van der Waals surface area contributed by atoms with Gasteiger partial charge in [-0.05, 0) is 42.1 Å². The third-order valence-corrected chi connectivity index (χ3v) is 8.28. The molecule has 5 rings (SSSR count). The van der Waals surface area contributed by atoms with E-state index in [9.17, 15) is 13.2 Å². The molecule has 28 heavy (non-hydrogen) atoms. The van der Waals surface area contributed by atoms with Crippen LogP contribution in [-0.2, 0) is 10.0 Å². The van der Waals surface area contributed by atoms with Crippen molar-refractivity contribution in [1.82, 2.24) is 13.9 Å². The van der Waals surface area contributed by atoms with Crippen molar-refractivity contribution >= 4 is 66.5 Å². The van der Waals surface area contributed by atoms with Gasteiger partial charge < -0.3 is 5.32 Å². The molecule has 2 aromatic carbocycles. The molecule has 0 saturated heterocycles. The highest BCUT2D eigenvalue weighted by molar-refractivity contribution is 8.01. The molecule has 0 saturated carbocycles. The Morgan fingerprint density at radius 3 is 2.89 bits per heavy atom. The summed E-state index contributed by atoms with van der Waals surface area (Å²) in [5, 5.41) is 3.26. The summed E-state index contributed by atoms with van der Waals surface area (Å²) in [6.07, 6.45) is 2.79. The van der Waals surface area contributed by atoms with Crippen LogP contribution in [0.1, 0.15) is 10.4 Å². The summed E-state index contributed by atoms with van der Waals surface area (Å²) in [6.45, 7) is 0. The molecule has 140 valence electrons. The van der Waals surface area contributed by atoms with Gasteiger partial charge in [-0.2, -0.15) is 0 Å². The number of carbonyl (C=O) groups is 1. The molecule has 1 N–H and O–H groups in total. The van der Waals surface area contributed by atoms with E-state index in [-0.39, 0.29) is 15.5 Å². The van der Waals surface area contributed by atoms with Crippen LogP contribution >= 0.6 is 34.7 Å². The van der Waals surface area contributed by atoms with Gasteiger partial charge in [0.2, 0.25) is 0 Å². The minimum atomic E-state index is -3.84. The number of rotatable bonds is 2. The van der Waals surface area contributed by atoms with Crippen LogP contribution in [0, 0.1) is 0 Å². The number of nitrogens with zero attached hydrogens (tertiary/aromatic N) is 3. The minimum absolute atomic E-state index is 0.0236. The first-order valence-electron chi connectivity index (χ1n) is 7.88. The van der Waals surface area contributed by atoms with E-state index in [1.165, 1.54) is 47.6 Å². The molecular formula is C17H9ClN4O3S3. The molecule has 1 amide bonds. The van der Waals surface area contributed by atoms with Gasteiger partial charge in [-0.15, -0.1) is 11.3 Å². The van der Waals surface area contributed by atoms with Crippen molar-refractivity contribution in [3.05, 3.63) is 58.8 Å². The normalized spacial score (nSPS) is 14.5. The smallest absolute Gasteiger partial charge is 0.270 e. The molecule has 0 aliphatic carbocycles. The Hall–Kier alpha value is -2.40. The van der Waals surface area contributed by atoms with E-state index in [0.29, 0.717) is 15.7 Å². The Bertz CT molecular complexity index is 1380. The van der Waals surface area contributed by atoms with Crippen molar-refractivity contribution in [2.75, 3.05) is 5.32 Å². The number of imidazole rings is 1. The lowest BCUT2D eigenvalue weighted by atomic mass is 10.2. The maximum Gasteiger partial charge on any atom is 0.270 e. The molecule has 7 nitrogen and oxygen atoms in total. The summed E-state index contributed by atoms with van der Waals surface area (Å²) in [5.74, 6) is -0.492. The van der Waals surface area contributed by atoms with Crippen molar-refractivity contribution in [3.63, 3.8) is 0 Å². The molecule has 1 aliphatic heterocycles. The average molecular weight is 449 g/mol. The van der Waals surface area contributed by atoms with Gasteiger partial charge in [0.15, 0.2) is 5.16 Å². The summed E-state index contributed by atoms with van der Waals surface area (Å²) in [6, 6.07) is 8.14. The SMILES string of the molecule is O=C(Nc1ccc2ncsc2c1)c1cc2c(cc1Cl)Sc1nccn1S2(=O)=O. The van der Waals surface area contributed by atoms with Gasteiger partial charge in [-0.1, -0.05) is 11.6 Å². The van der Waals surface area contributed by atoms with E-state index in [0.717, 1.165) is 14.2 Å². The van der Waals surface area contributed by atoms with Crippen LogP contribution in [0.3, 0.4) is 0 Å². The second-order valence-electron chi connectivity index (χ2n) is 5.88. The predicted octanol–water partition coefficient (Wildman–Crippen LogP) is 4.10. The number of amides is 1. The van der Waals surface area contributed by atoms with Crippen molar-refractivity contribution in [1.29, 1.82) is 0 Å². The number of hydrogen-bond donors (Lipinski definition) is 1. The fraction of sp³-hybridized carbons (Fsp3) is 0. The second kappa shape index (κ2) is 6.31. The Morgan fingerprint density at radius 1 is 1.18 bits per heavy atom. The summed E-state index contributed by atoms with van der Waals surface area (Å²) < 4.78 is 27.7. The van der Waals surface area contributed by atoms with Crippen LogP contribution in [0.5, 0.6) is 0 Å². The molecule has 0 spiro atoms. The zero-order valence-corrected chi connectivity index (χ0v) is 17.0. The van der Waals surface area contributed by atoms with Gasteiger partial charge in [-0.3, -0.25) is 4.79 Å². The molecule has 11 heteroatoms. The fourth-order valence-corrected chi connectivity index (χ4v) is 6.79. The molecule has 3 heterocycles. The molecule has 1 aliphatic rings. The third kappa shape index (κ3) is 2.72. The highest BCUT2D eigenvalue weighted by atomic mass is 35.5. The monoisotopic (exact) mass is 448 g/mol. The second-order valence-corrected chi connectivity index (χ2v) is 9.97. The van der Waals surface area contributed by atoms with Crippen LogP contribution in [0.25, 0.3) is 10.2 Å². The number of thiazole rings is 1. The van der Waals surface area contributed by atoms with E-state index in [4.69, 9.17) is 11.6 Å². The standard InChI is InChI=1S/C17H9ClN4O3S3/c18-11-7-14-15(28(24,25)22-4-3-19-17(22)27-14)6-10(11)16(23)21-9-1-2-12-13(5-9)26-8-20-12/h1-8H,(H,21,23). The molecule has 0 atom stereocenters. The summed E-state index contributed by atoms with van der Waals surface area (Å²) >= 11 is 8.93. The van der Waals surface area contributed by atoms with E-state index in [2.05, 4.69) is 15.3 Å². The number of halogens is 1. The van der Waals surface area contributed by atoms with Crippen LogP contribution in [0.2, 0.25) is 5.02 Å². The average Bonchev–Trinajstić information content (AvgIpc) is 3.30. The largest absolute Gasteiger partial charge is 0.322 e. The van der Waals surface area contributed by atoms with Crippen molar-refractivity contribution in [3.8, 4) is 0 Å². The Balaban J connectivity index is 1.54. The molecule has 4 aromatic rings. The molecule has 0 unspecified atom stereocenters. The summed E-state index contributed by atoms with van der Waals surface area (Å²) in [4.78, 5) is 21.5. The van der Waals surface area contributed by atoms with Gasteiger partial charge in [0.1, 0.15) is 4.90 Å². The third-order valence-electron chi connectivity index (χ3n) is 4.18. The van der Waals surface area contributed by atoms with E-state index in [1.807, 2.05) is 6.07 Å². The first-order valence-corrected chi connectivity index (χ1v) is 11.4. The first kappa shape index (κ1) is 17.7. The topological polar surface area (TPSA) is 93.9 Å². The van der Waals surface area contributed by atoms with Crippen LogP contribution in [0.15, 0.2) is 63.2 Å². The van der Waals surface area contributed by atoms with Crippen LogP contribution in [0.4, 0.5) is 5.69 Å². The highest BCUT2D eigenvalue weighted by Gasteiger charge is 2.32. The number of aromatic nitrogens is 3. The summed E-state index contributed by atoms with van der Waals surface area (Å²) in [7, 11) is -3.84. The Morgan fingerprint density at radius 2 is 2.04 bits per heavy atom. The number of fused-ring (bicyclic) bond motifs is 3. The predicted molar refractivity (Wildman–Crippen MR) is 108 cm³/mol. The zero-order valence-electron chi connectivity index (χ0n) is 13.8. The highest BCUT2D eigenvalue weighted by Crippen LogP contribution is 2.41. The number of nitrogens with one attached hydrogen (secondary N) is 1. The van der Waals surface area contributed by atoms with Gasteiger partial charge >= 0.3 is 0 Å². The Labute approximate surface area is 172 Å². The molecule has 0 radical (unpaired) electrons. The fourth-order valence-electron chi connectivity index (χ4n) is 2.86. The maximum absolute atomic E-state index is 12.8. The van der Waals surface area contributed by atoms with E-state index < -0.39 is 15.9 Å². The minimum Gasteiger partial charge on any atom is -0.322 e. The van der Waals surface area contributed by atoms with Gasteiger partial charge in [-0.25, -0.2) is 22.4 Å². The quantitative estimate of drug-likeness (QED) is 0.437. The lowest BCUT2D eigenvalue weighted by Gasteiger charge is -2.19. The lowest BCUT2D eigenvalue weighted by Crippen LogP contribution is -2.20. The van der Waals surface area contributed by atoms with Crippen molar-refractivity contribution in [2.45, 2.75) is 14.9 Å². The molecule has 2 aromatic heterocycles. The van der Waals surface area contributed by atoms with Gasteiger partial charge in [0.25, 0.3) is 15.9 Å². The Kier molecular flexibility index (Phi) is 3.98. The van der Waals surface area contributed by atoms with Gasteiger partial charge in [0, 0.05) is 23.0 Å². The number of benzene rings is 2. The first-order chi connectivity index (χ1) is 13.4. The number of anilines is 1. The zero-order chi connectivity index (χ0) is 19.5. The molecule has 0 fully saturated rings. The van der Waals surface area contributed by atoms with Crippen molar-refractivity contribution in [2.24, 2.45) is 0 Å². The summed E-state index contributed by atoms with van der Waals surface area (Å²) in [5.41, 5.74) is 3.22. The molecule has 0 bridgehead atoms. The molecular weight excluding hydrogens is 440 g/mol. The maximum atomic E-state index is 12.8. The number of carbonyl (C=O) groups excluding carboxylic acids is 1. The van der Waals surface area contributed by atoms with E-state index in [1.54, 1.807) is 17.6 Å². The van der Waals surface area contributed by atoms with Crippen LogP contribution < -0.4 is 5.32 Å². The van der Waals surface area contributed by atoms with E-state index >= 15 is 0 Å². The van der Waals surface area contributed by atoms with Crippen molar-refractivity contribution < 1.29 is 13.2 Å². The number of hydrogen-bond acceptors (Lipinski definition) is 7. The lowest BCUT2D eigenvalue weighted by molar-refractivity contribution is 0.102. The van der Waals surface area contributed by atoms with Gasteiger partial charge in [0.05, 0.1) is 26.3 Å². The van der Waals surface area contributed by atoms with Crippen LogP contribution in [-0.4, -0.2) is 28.3 Å².